The number of esters is 1. The summed E-state index contributed by atoms with van der Waals surface area (Å²) in [4.78, 5) is 81.2. The number of amides is 4. The largest absolute Gasteiger partial charge is 0.489 e. The first kappa shape index (κ1) is 48.2. The number of carbonyl (C=O) groups excluding carboxylic acids is 5. The van der Waals surface area contributed by atoms with Crippen molar-refractivity contribution < 1.29 is 65.0 Å². The number of benzene rings is 1. The third kappa shape index (κ3) is 13.1. The number of fused-ring (bicyclic) bond motifs is 1. The number of hydrogen-bond donors (Lipinski definition) is 4. The highest BCUT2D eigenvalue weighted by Crippen LogP contribution is 2.33. The highest BCUT2D eigenvalue weighted by molar-refractivity contribution is 7.80. The average Bonchev–Trinajstić information content (AvgIpc) is 3.56. The molecule has 2 saturated heterocycles. The number of ether oxygens (including phenoxy) is 4. The van der Waals surface area contributed by atoms with Crippen LogP contribution in [0.3, 0.4) is 0 Å². The summed E-state index contributed by atoms with van der Waals surface area (Å²) in [6.45, 7) is 18.4. The van der Waals surface area contributed by atoms with Crippen LogP contribution in [0, 0.1) is 0 Å². The van der Waals surface area contributed by atoms with E-state index in [1.807, 2.05) is 0 Å². The van der Waals surface area contributed by atoms with Gasteiger partial charge in [0.05, 0.1) is 11.6 Å². The normalized spacial score (nSPS) is 17.5. The molecule has 1 aromatic carbocycles. The van der Waals surface area contributed by atoms with Gasteiger partial charge in [-0.2, -0.15) is 13.5 Å². The fourth-order valence-corrected chi connectivity index (χ4v) is 6.99. The van der Waals surface area contributed by atoms with E-state index in [4.69, 9.17) is 28.3 Å². The number of carbonyl (C=O) groups is 5. The first-order chi connectivity index (χ1) is 29.0. The second-order valence-corrected chi connectivity index (χ2v) is 19.9. The number of nitrogens with one attached hydrogen (secondary N) is 3. The topological polar surface area (TPSA) is 276 Å². The monoisotopic (exact) mass is 920 g/mol. The van der Waals surface area contributed by atoms with Gasteiger partial charge in [-0.3, -0.25) is 19.5 Å². The van der Waals surface area contributed by atoms with Gasteiger partial charge < -0.3 is 39.3 Å². The molecule has 63 heavy (non-hydrogen) atoms. The van der Waals surface area contributed by atoms with Gasteiger partial charge in [-0.05, 0) is 106 Å². The number of rotatable bonds is 14. The molecule has 3 aromatic rings. The summed E-state index contributed by atoms with van der Waals surface area (Å²) < 4.78 is 58.5. The molecular weight excluding hydrogens is 869 g/mol. The Bertz CT molecular complexity index is 2380. The number of oxime groups is 1. The molecule has 344 valence electrons. The molecule has 4 amide bonds. The molecule has 0 aliphatic carbocycles. The third-order valence-corrected chi connectivity index (χ3v) is 9.74. The minimum atomic E-state index is -5.09. The molecule has 0 spiro atoms. The number of aromatic nitrogens is 2. The van der Waals surface area contributed by atoms with E-state index >= 15 is 0 Å². The summed E-state index contributed by atoms with van der Waals surface area (Å²) in [7, 11) is -5.09. The van der Waals surface area contributed by atoms with Crippen LogP contribution >= 0.6 is 11.3 Å². The van der Waals surface area contributed by atoms with Crippen LogP contribution in [-0.4, -0.2) is 129 Å². The van der Waals surface area contributed by atoms with Crippen LogP contribution in [0.2, 0.25) is 0 Å². The molecule has 2 aliphatic rings. The van der Waals surface area contributed by atoms with Gasteiger partial charge in [0.1, 0.15) is 46.7 Å². The minimum Gasteiger partial charge on any atom is -0.489 e. The maximum Gasteiger partial charge on any atom is 0.418 e. The van der Waals surface area contributed by atoms with Gasteiger partial charge in [0.15, 0.2) is 10.8 Å². The fraction of sp³-hybridized carbons (Fsp3) is 0.538. The molecule has 0 unspecified atom stereocenters. The van der Waals surface area contributed by atoms with Crippen molar-refractivity contribution in [2.24, 2.45) is 5.16 Å². The number of likely N-dealkylation sites (tertiary alicyclic amines) is 1. The van der Waals surface area contributed by atoms with Gasteiger partial charge in [0, 0.05) is 30.1 Å². The van der Waals surface area contributed by atoms with E-state index < -0.39 is 87.2 Å². The van der Waals surface area contributed by atoms with E-state index in [9.17, 15) is 32.4 Å². The van der Waals surface area contributed by atoms with Gasteiger partial charge in [-0.15, -0.1) is 15.6 Å². The molecule has 22 nitrogen and oxygen atoms in total. The number of thiazole rings is 1. The second-order valence-electron chi connectivity index (χ2n) is 18.0. The molecule has 2 fully saturated rings. The Morgan fingerprint density at radius 1 is 0.984 bits per heavy atom. The van der Waals surface area contributed by atoms with E-state index in [2.05, 4.69) is 35.4 Å². The first-order valence-corrected chi connectivity index (χ1v) is 21.7. The summed E-state index contributed by atoms with van der Waals surface area (Å²) in [5.41, 5.74) is -4.69. The Balaban J connectivity index is 1.36. The fourth-order valence-electron chi connectivity index (χ4n) is 5.85. The lowest BCUT2D eigenvalue weighted by Gasteiger charge is -2.50. The average molecular weight is 921 g/mol. The van der Waals surface area contributed by atoms with Gasteiger partial charge >= 0.3 is 28.6 Å². The van der Waals surface area contributed by atoms with E-state index in [1.54, 1.807) is 97.7 Å². The number of hydroxylamine groups is 2. The quantitative estimate of drug-likeness (QED) is 0.0435. The Hall–Kier alpha value is -5.85. The molecule has 0 bridgehead atoms. The van der Waals surface area contributed by atoms with Crippen molar-refractivity contribution in [3.63, 3.8) is 0 Å². The van der Waals surface area contributed by atoms with Crippen molar-refractivity contribution in [1.82, 2.24) is 25.2 Å². The van der Waals surface area contributed by atoms with Crippen LogP contribution in [0.25, 0.3) is 10.8 Å². The second kappa shape index (κ2) is 18.1. The maximum absolute atomic E-state index is 13.9. The summed E-state index contributed by atoms with van der Waals surface area (Å²) in [5, 5.41) is 15.4. The predicted molar refractivity (Wildman–Crippen MR) is 227 cm³/mol. The molecular formula is C39H52N8O14S2. The minimum absolute atomic E-state index is 0.0140. The lowest BCUT2D eigenvalue weighted by Crippen LogP contribution is -2.76. The van der Waals surface area contributed by atoms with Gasteiger partial charge in [-0.1, -0.05) is 5.16 Å². The summed E-state index contributed by atoms with van der Waals surface area (Å²) in [6, 6.07) is 5.44. The van der Waals surface area contributed by atoms with Crippen molar-refractivity contribution in [3.05, 3.63) is 41.5 Å². The van der Waals surface area contributed by atoms with Crippen molar-refractivity contribution >= 4 is 79.1 Å². The lowest BCUT2D eigenvalue weighted by atomic mass is 9.84. The van der Waals surface area contributed by atoms with Crippen LogP contribution in [0.5, 0.6) is 5.75 Å². The molecule has 2 aromatic heterocycles. The van der Waals surface area contributed by atoms with E-state index in [-0.39, 0.29) is 16.9 Å². The molecule has 24 heteroatoms. The number of hydrogen-bond acceptors (Lipinski definition) is 18. The molecule has 4 heterocycles. The predicted octanol–water partition coefficient (Wildman–Crippen LogP) is 4.42. The van der Waals surface area contributed by atoms with E-state index in [0.29, 0.717) is 29.7 Å². The van der Waals surface area contributed by atoms with Crippen molar-refractivity contribution in [1.29, 1.82) is 0 Å². The van der Waals surface area contributed by atoms with E-state index in [1.165, 1.54) is 19.2 Å². The summed E-state index contributed by atoms with van der Waals surface area (Å²) >= 11 is 0.888. The van der Waals surface area contributed by atoms with Gasteiger partial charge in [-0.25, -0.2) is 24.4 Å². The van der Waals surface area contributed by atoms with Crippen LogP contribution in [-0.2, 0) is 48.1 Å². The Kier molecular flexibility index (Phi) is 13.8. The Labute approximate surface area is 367 Å². The van der Waals surface area contributed by atoms with Crippen molar-refractivity contribution in [3.8, 4) is 5.75 Å². The van der Waals surface area contributed by atoms with Crippen molar-refractivity contribution in [2.75, 3.05) is 30.3 Å². The van der Waals surface area contributed by atoms with Gasteiger partial charge in [0.25, 0.3) is 17.9 Å². The molecule has 2 atom stereocenters. The lowest BCUT2D eigenvalue weighted by molar-refractivity contribution is -0.218. The zero-order valence-corrected chi connectivity index (χ0v) is 38.3. The number of nitrogens with zero attached hydrogens (tertiary/aromatic N) is 5. The third-order valence-electron chi connectivity index (χ3n) is 8.64. The zero-order chi connectivity index (χ0) is 46.9. The first-order valence-electron chi connectivity index (χ1n) is 19.5. The Morgan fingerprint density at radius 3 is 2.24 bits per heavy atom. The molecule has 5 rings (SSSR count). The van der Waals surface area contributed by atoms with Crippen LogP contribution in [0.1, 0.15) is 81.9 Å². The maximum atomic E-state index is 13.9. The molecule has 0 radical (unpaired) electrons. The standard InChI is InChI=1S/C39H52N8O14S2/c1-36(2,3)57-32(50)26(19-56-23-12-13-24-21(16-23)14-15-40-29(24)41-22-17-46(18-22)35(52)59-38(7,8)9)60-45-27(25-20-62-33(42-25)44-34(51)58-37(4,5)6)30(48)43-28-31(49)47(39(28,10)11)61-63(53,54)55/h12-16,20,22,26,28H,17-19H2,1-11H3,(H,40,41)(H,43,48)(H,42,44,51)(H,53,54,55)/b45-27-/t26-,28+/m0/s1. The molecule has 4 N–H and O–H groups in total. The highest BCUT2D eigenvalue weighted by atomic mass is 32.3. The van der Waals surface area contributed by atoms with E-state index in [0.717, 1.165) is 22.1 Å². The smallest absolute Gasteiger partial charge is 0.418 e. The summed E-state index contributed by atoms with van der Waals surface area (Å²) in [6.07, 6.45) is -1.22. The molecule has 2 aliphatic heterocycles. The van der Waals surface area contributed by atoms with Crippen LogP contribution in [0.4, 0.5) is 20.5 Å². The van der Waals surface area contributed by atoms with Crippen molar-refractivity contribution in [2.45, 2.75) is 117 Å². The number of β-lactam (4-membered cyclic amide) rings is 1. The Morgan fingerprint density at radius 2 is 1.63 bits per heavy atom. The number of pyridine rings is 1. The van der Waals surface area contributed by atoms with Crippen LogP contribution < -0.4 is 20.7 Å². The highest BCUT2D eigenvalue weighted by Gasteiger charge is 2.58. The zero-order valence-electron chi connectivity index (χ0n) is 36.6. The molecule has 0 saturated carbocycles. The SMILES string of the molecule is CC(C)(C)OC(=O)Nc1nc(/C(=N/O[C@@H](COc2ccc3c(NC4CN(C(=O)OC(C)(C)C)C4)nccc3c2)C(=O)OC(C)(C)C)C(=O)N[C@@H]2C(=O)N(OS(=O)(=O)O)C2(C)C)cs1. The van der Waals surface area contributed by atoms with Crippen LogP contribution in [0.15, 0.2) is 41.0 Å². The number of anilines is 2. The van der Waals surface area contributed by atoms with Gasteiger partial charge in [0.2, 0.25) is 0 Å². The summed E-state index contributed by atoms with van der Waals surface area (Å²) in [5.74, 6) is -2.11.